The molecule has 0 radical (unpaired) electrons. The fourth-order valence-electron chi connectivity index (χ4n) is 2.83. The third kappa shape index (κ3) is 2.85. The highest BCUT2D eigenvalue weighted by atomic mass is 32.2. The first-order chi connectivity index (χ1) is 11.6. The molecule has 1 saturated heterocycles. The van der Waals surface area contributed by atoms with E-state index in [0.29, 0.717) is 10.9 Å². The molecule has 3 aromatic rings. The van der Waals surface area contributed by atoms with Gasteiger partial charge in [0.15, 0.2) is 0 Å². The van der Waals surface area contributed by atoms with Gasteiger partial charge in [-0.05, 0) is 26.2 Å². The molecule has 7 heteroatoms. The summed E-state index contributed by atoms with van der Waals surface area (Å²) >= 11 is 1.85. The van der Waals surface area contributed by atoms with E-state index in [4.69, 9.17) is 0 Å². The van der Waals surface area contributed by atoms with Crippen LogP contribution in [0.15, 0.2) is 42.7 Å². The zero-order chi connectivity index (χ0) is 16.7. The summed E-state index contributed by atoms with van der Waals surface area (Å²) in [6, 6.07) is 8.61. The molecule has 0 N–H and O–H groups in total. The first-order valence-electron chi connectivity index (χ1n) is 7.79. The summed E-state index contributed by atoms with van der Waals surface area (Å²) in [5.74, 6) is 0.640. The van der Waals surface area contributed by atoms with Crippen LogP contribution < -0.4 is 4.90 Å². The van der Waals surface area contributed by atoms with Crippen molar-refractivity contribution in [1.82, 2.24) is 19.1 Å². The number of pyridine rings is 1. The van der Waals surface area contributed by atoms with Gasteiger partial charge < -0.3 is 4.90 Å². The van der Waals surface area contributed by atoms with E-state index in [0.717, 1.165) is 29.8 Å². The minimum absolute atomic E-state index is 0.287. The average molecular weight is 343 g/mol. The van der Waals surface area contributed by atoms with Gasteiger partial charge >= 0.3 is 0 Å². The molecule has 124 valence electrons. The van der Waals surface area contributed by atoms with Crippen molar-refractivity contribution in [2.75, 3.05) is 32.1 Å². The fourth-order valence-corrected chi connectivity index (χ4v) is 3.92. The van der Waals surface area contributed by atoms with Crippen molar-refractivity contribution in [2.45, 2.75) is 5.25 Å². The van der Waals surface area contributed by atoms with Crippen LogP contribution in [0.1, 0.15) is 0 Å². The maximum Gasteiger partial charge on any atom is 0.148 e. The monoisotopic (exact) mass is 343 g/mol. The lowest BCUT2D eigenvalue weighted by Crippen LogP contribution is -2.50. The second-order valence-electron chi connectivity index (χ2n) is 6.07. The SMILES string of the molecule is CN(C)SC1CN(c2cc3nn(-c4ccccc4F)cc3cn2)C1. The number of halogens is 1. The van der Waals surface area contributed by atoms with Gasteiger partial charge in [-0.25, -0.2) is 14.1 Å². The van der Waals surface area contributed by atoms with E-state index in [9.17, 15) is 4.39 Å². The van der Waals surface area contributed by atoms with Gasteiger partial charge in [0.2, 0.25) is 0 Å². The molecule has 1 fully saturated rings. The van der Waals surface area contributed by atoms with Gasteiger partial charge in [0.05, 0.1) is 10.8 Å². The zero-order valence-corrected chi connectivity index (χ0v) is 14.4. The van der Waals surface area contributed by atoms with Gasteiger partial charge in [-0.3, -0.25) is 4.31 Å². The number of fused-ring (bicyclic) bond motifs is 1. The third-order valence-electron chi connectivity index (χ3n) is 4.01. The van der Waals surface area contributed by atoms with Crippen molar-refractivity contribution in [2.24, 2.45) is 0 Å². The van der Waals surface area contributed by atoms with Gasteiger partial charge in [0.1, 0.15) is 17.3 Å². The number of hydrogen-bond acceptors (Lipinski definition) is 5. The molecule has 1 aliphatic rings. The maximum atomic E-state index is 13.9. The molecule has 24 heavy (non-hydrogen) atoms. The van der Waals surface area contributed by atoms with Crippen molar-refractivity contribution in [3.05, 3.63) is 48.5 Å². The van der Waals surface area contributed by atoms with Crippen LogP contribution in [0.2, 0.25) is 0 Å². The standard InChI is InChI=1S/C17H18FN5S/c1-21(2)24-13-10-22(11-13)17-7-15-12(8-19-17)9-23(20-15)16-6-4-3-5-14(16)18/h3-9,13H,10-11H2,1-2H3. The van der Waals surface area contributed by atoms with Gasteiger partial charge in [0, 0.05) is 36.9 Å². The summed E-state index contributed by atoms with van der Waals surface area (Å²) in [7, 11) is 4.12. The van der Waals surface area contributed by atoms with E-state index in [-0.39, 0.29) is 5.82 Å². The molecule has 3 heterocycles. The van der Waals surface area contributed by atoms with Crippen LogP contribution in [0.25, 0.3) is 16.6 Å². The number of para-hydroxylation sites is 1. The van der Waals surface area contributed by atoms with Crippen LogP contribution in [0.5, 0.6) is 0 Å². The topological polar surface area (TPSA) is 37.2 Å². The molecule has 0 aliphatic carbocycles. The number of aromatic nitrogens is 3. The van der Waals surface area contributed by atoms with Crippen molar-refractivity contribution in [1.29, 1.82) is 0 Å². The lowest BCUT2D eigenvalue weighted by atomic mass is 10.2. The second-order valence-corrected chi connectivity index (χ2v) is 7.68. The molecule has 0 spiro atoms. The Labute approximate surface area is 144 Å². The Morgan fingerprint density at radius 3 is 2.79 bits per heavy atom. The Kier molecular flexibility index (Phi) is 3.90. The van der Waals surface area contributed by atoms with Gasteiger partial charge in [-0.1, -0.05) is 24.1 Å². The van der Waals surface area contributed by atoms with Crippen LogP contribution in [0.3, 0.4) is 0 Å². The summed E-state index contributed by atoms with van der Waals surface area (Å²) in [5, 5.41) is 6.02. The van der Waals surface area contributed by atoms with Crippen LogP contribution in [0, 0.1) is 5.82 Å². The number of anilines is 1. The maximum absolute atomic E-state index is 13.9. The molecule has 4 rings (SSSR count). The molecular weight excluding hydrogens is 325 g/mol. The van der Waals surface area contributed by atoms with Crippen LogP contribution >= 0.6 is 11.9 Å². The number of hydrogen-bond donors (Lipinski definition) is 0. The summed E-state index contributed by atoms with van der Waals surface area (Å²) in [4.78, 5) is 6.77. The van der Waals surface area contributed by atoms with E-state index >= 15 is 0 Å². The second kappa shape index (κ2) is 6.07. The first kappa shape index (κ1) is 15.4. The Hall–Kier alpha value is -2.12. The van der Waals surface area contributed by atoms with Gasteiger partial charge in [-0.2, -0.15) is 5.10 Å². The largest absolute Gasteiger partial charge is 0.354 e. The zero-order valence-electron chi connectivity index (χ0n) is 13.6. The first-order valence-corrected chi connectivity index (χ1v) is 8.63. The molecule has 1 aliphatic heterocycles. The van der Waals surface area contributed by atoms with Crippen molar-refractivity contribution in [3.8, 4) is 5.69 Å². The normalized spacial score (nSPS) is 15.2. The summed E-state index contributed by atoms with van der Waals surface area (Å²) in [6.07, 6.45) is 3.62. The highest BCUT2D eigenvalue weighted by Crippen LogP contribution is 2.29. The van der Waals surface area contributed by atoms with Crippen molar-refractivity contribution < 1.29 is 4.39 Å². The Morgan fingerprint density at radius 2 is 2.04 bits per heavy atom. The Bertz CT molecular complexity index is 872. The molecule has 0 bridgehead atoms. The van der Waals surface area contributed by atoms with Gasteiger partial charge in [0.25, 0.3) is 0 Å². The van der Waals surface area contributed by atoms with E-state index in [1.54, 1.807) is 29.1 Å². The molecule has 0 unspecified atom stereocenters. The van der Waals surface area contributed by atoms with Gasteiger partial charge in [-0.15, -0.1) is 0 Å². The third-order valence-corrected chi connectivity index (χ3v) is 5.02. The molecule has 5 nitrogen and oxygen atoms in total. The van der Waals surface area contributed by atoms with E-state index in [1.807, 2.05) is 24.2 Å². The predicted octanol–water partition coefficient (Wildman–Crippen LogP) is 2.96. The lowest BCUT2D eigenvalue weighted by molar-refractivity contribution is 0.601. The number of benzene rings is 1. The lowest BCUT2D eigenvalue weighted by Gasteiger charge is -2.40. The quantitative estimate of drug-likeness (QED) is 0.681. The van der Waals surface area contributed by atoms with Crippen LogP contribution in [-0.2, 0) is 0 Å². The summed E-state index contributed by atoms with van der Waals surface area (Å²) in [6.45, 7) is 1.96. The number of rotatable bonds is 4. The van der Waals surface area contributed by atoms with E-state index in [1.165, 1.54) is 6.07 Å². The molecular formula is C17H18FN5S. The summed E-state index contributed by atoms with van der Waals surface area (Å²) in [5.41, 5.74) is 1.27. The minimum atomic E-state index is -0.287. The van der Waals surface area contributed by atoms with Crippen LogP contribution in [-0.4, -0.2) is 51.5 Å². The van der Waals surface area contributed by atoms with E-state index < -0.39 is 0 Å². The van der Waals surface area contributed by atoms with Crippen molar-refractivity contribution in [3.63, 3.8) is 0 Å². The average Bonchev–Trinajstić information content (AvgIpc) is 2.93. The number of nitrogens with zero attached hydrogens (tertiary/aromatic N) is 5. The summed E-state index contributed by atoms with van der Waals surface area (Å²) < 4.78 is 17.6. The van der Waals surface area contributed by atoms with Crippen molar-refractivity contribution >= 4 is 28.7 Å². The Balaban J connectivity index is 1.58. The molecule has 0 saturated carbocycles. The highest BCUT2D eigenvalue weighted by molar-refractivity contribution is 7.97. The Morgan fingerprint density at radius 1 is 1.25 bits per heavy atom. The smallest absolute Gasteiger partial charge is 0.148 e. The fraction of sp³-hybridized carbons (Fsp3) is 0.294. The molecule has 1 aromatic carbocycles. The molecule has 0 atom stereocenters. The predicted molar refractivity (Wildman–Crippen MR) is 96.1 cm³/mol. The molecule has 2 aromatic heterocycles. The van der Waals surface area contributed by atoms with E-state index in [2.05, 4.69) is 33.4 Å². The highest BCUT2D eigenvalue weighted by Gasteiger charge is 2.29. The molecule has 0 amide bonds. The van der Waals surface area contributed by atoms with Crippen LogP contribution in [0.4, 0.5) is 10.2 Å². The minimum Gasteiger partial charge on any atom is -0.354 e.